The van der Waals surface area contributed by atoms with E-state index in [0.29, 0.717) is 30.6 Å². The number of ether oxygens (including phenoxy) is 1. The van der Waals surface area contributed by atoms with Crippen molar-refractivity contribution >= 4 is 16.5 Å². The Balaban J connectivity index is 1.76. The van der Waals surface area contributed by atoms with E-state index in [4.69, 9.17) is 10.5 Å². The van der Waals surface area contributed by atoms with Gasteiger partial charge in [-0.15, -0.1) is 11.3 Å². The van der Waals surface area contributed by atoms with Crippen LogP contribution in [-0.4, -0.2) is 30.1 Å². The largest absolute Gasteiger partial charge is 0.492 e. The van der Waals surface area contributed by atoms with Crippen molar-refractivity contribution in [1.29, 1.82) is 0 Å². The number of likely N-dealkylation sites (N-methyl/N-ethyl adjacent to an activating group) is 1. The first kappa shape index (κ1) is 16.6. The lowest BCUT2D eigenvalue weighted by Gasteiger charge is -2.16. The molecule has 1 aromatic heterocycles. The van der Waals surface area contributed by atoms with Gasteiger partial charge in [-0.3, -0.25) is 4.90 Å². The van der Waals surface area contributed by atoms with Crippen molar-refractivity contribution in [3.63, 3.8) is 0 Å². The van der Waals surface area contributed by atoms with Gasteiger partial charge in [0.05, 0.1) is 5.56 Å². The molecule has 2 aromatic rings. The SMILES string of the molecule is CN(CCOc1ccc(C(F)(F)F)cc1)Cc1cnc(N)s1. The summed E-state index contributed by atoms with van der Waals surface area (Å²) in [5, 5.41) is 0.532. The van der Waals surface area contributed by atoms with Crippen molar-refractivity contribution < 1.29 is 17.9 Å². The van der Waals surface area contributed by atoms with E-state index >= 15 is 0 Å². The van der Waals surface area contributed by atoms with Crippen LogP contribution in [0.15, 0.2) is 30.5 Å². The molecule has 0 aliphatic heterocycles. The number of anilines is 1. The quantitative estimate of drug-likeness (QED) is 0.883. The zero-order valence-corrected chi connectivity index (χ0v) is 12.7. The van der Waals surface area contributed by atoms with Crippen LogP contribution in [0.4, 0.5) is 18.3 Å². The molecule has 2 rings (SSSR count). The van der Waals surface area contributed by atoms with Crippen molar-refractivity contribution in [2.24, 2.45) is 0 Å². The summed E-state index contributed by atoms with van der Waals surface area (Å²) in [6, 6.07) is 4.68. The van der Waals surface area contributed by atoms with Gasteiger partial charge in [-0.2, -0.15) is 13.2 Å². The lowest BCUT2D eigenvalue weighted by atomic mass is 10.2. The molecule has 0 radical (unpaired) electrons. The van der Waals surface area contributed by atoms with Gasteiger partial charge in [-0.1, -0.05) is 0 Å². The second-order valence-electron chi connectivity index (χ2n) is 4.77. The fraction of sp³-hybridized carbons (Fsp3) is 0.357. The Bertz CT molecular complexity index is 598. The number of rotatable bonds is 6. The minimum atomic E-state index is -4.32. The molecule has 0 aliphatic carbocycles. The molecule has 0 atom stereocenters. The summed E-state index contributed by atoms with van der Waals surface area (Å²) in [6.07, 6.45) is -2.59. The second kappa shape index (κ2) is 6.97. The summed E-state index contributed by atoms with van der Waals surface area (Å²) >= 11 is 1.43. The summed E-state index contributed by atoms with van der Waals surface area (Å²) in [4.78, 5) is 7.05. The molecule has 1 aromatic carbocycles. The summed E-state index contributed by atoms with van der Waals surface area (Å²) in [6.45, 7) is 1.72. The van der Waals surface area contributed by atoms with Gasteiger partial charge in [0.2, 0.25) is 0 Å². The number of alkyl halides is 3. The van der Waals surface area contributed by atoms with E-state index in [9.17, 15) is 13.2 Å². The molecule has 0 aliphatic rings. The summed E-state index contributed by atoms with van der Waals surface area (Å²) in [5.74, 6) is 0.420. The zero-order chi connectivity index (χ0) is 16.2. The number of hydrogen-bond donors (Lipinski definition) is 1. The van der Waals surface area contributed by atoms with Crippen LogP contribution < -0.4 is 10.5 Å². The van der Waals surface area contributed by atoms with Crippen LogP contribution in [0.25, 0.3) is 0 Å². The average molecular weight is 331 g/mol. The van der Waals surface area contributed by atoms with Crippen molar-refractivity contribution in [3.8, 4) is 5.75 Å². The highest BCUT2D eigenvalue weighted by molar-refractivity contribution is 7.15. The first-order valence-electron chi connectivity index (χ1n) is 6.53. The maximum atomic E-state index is 12.4. The number of thiazole rings is 1. The van der Waals surface area contributed by atoms with Gasteiger partial charge in [0.15, 0.2) is 5.13 Å². The topological polar surface area (TPSA) is 51.4 Å². The molecule has 0 saturated heterocycles. The standard InChI is InChI=1S/C14H16F3N3OS/c1-20(9-12-8-19-13(18)22-12)6-7-21-11-4-2-10(3-5-11)14(15,16)17/h2-5,8H,6-7,9H2,1H3,(H2,18,19). The Hall–Kier alpha value is -1.80. The lowest BCUT2D eigenvalue weighted by Crippen LogP contribution is -2.23. The first-order valence-corrected chi connectivity index (χ1v) is 7.35. The summed E-state index contributed by atoms with van der Waals surface area (Å²) in [5.41, 5.74) is 4.88. The van der Waals surface area contributed by atoms with Crippen LogP contribution in [0, 0.1) is 0 Å². The van der Waals surface area contributed by atoms with E-state index in [1.54, 1.807) is 6.20 Å². The highest BCUT2D eigenvalue weighted by Crippen LogP contribution is 2.30. The van der Waals surface area contributed by atoms with E-state index in [1.165, 1.54) is 23.5 Å². The van der Waals surface area contributed by atoms with Crippen molar-refractivity contribution in [3.05, 3.63) is 40.9 Å². The van der Waals surface area contributed by atoms with E-state index in [2.05, 4.69) is 4.98 Å². The van der Waals surface area contributed by atoms with Gasteiger partial charge in [0, 0.05) is 24.2 Å². The Morgan fingerprint density at radius 3 is 2.50 bits per heavy atom. The number of nitrogens with two attached hydrogens (primary N) is 1. The molecule has 120 valence electrons. The lowest BCUT2D eigenvalue weighted by molar-refractivity contribution is -0.137. The third-order valence-corrected chi connectivity index (χ3v) is 3.73. The number of nitrogens with zero attached hydrogens (tertiary/aromatic N) is 2. The van der Waals surface area contributed by atoms with Crippen molar-refractivity contribution in [1.82, 2.24) is 9.88 Å². The maximum Gasteiger partial charge on any atom is 0.416 e. The molecule has 2 N–H and O–H groups in total. The fourth-order valence-corrected chi connectivity index (χ4v) is 2.56. The minimum Gasteiger partial charge on any atom is -0.492 e. The molecule has 0 fully saturated rings. The second-order valence-corrected chi connectivity index (χ2v) is 5.92. The molecule has 1 heterocycles. The zero-order valence-electron chi connectivity index (χ0n) is 11.9. The highest BCUT2D eigenvalue weighted by atomic mass is 32.1. The van der Waals surface area contributed by atoms with Crippen molar-refractivity contribution in [2.75, 3.05) is 25.9 Å². The Morgan fingerprint density at radius 2 is 1.95 bits per heavy atom. The highest BCUT2D eigenvalue weighted by Gasteiger charge is 2.29. The van der Waals surface area contributed by atoms with Gasteiger partial charge >= 0.3 is 6.18 Å². The fourth-order valence-electron chi connectivity index (χ4n) is 1.80. The Labute approximate surface area is 130 Å². The average Bonchev–Trinajstić information content (AvgIpc) is 2.83. The third kappa shape index (κ3) is 4.88. The van der Waals surface area contributed by atoms with Gasteiger partial charge in [0.1, 0.15) is 12.4 Å². The van der Waals surface area contributed by atoms with E-state index < -0.39 is 11.7 Å². The normalized spacial score (nSPS) is 11.9. The van der Waals surface area contributed by atoms with Crippen LogP contribution >= 0.6 is 11.3 Å². The predicted molar refractivity (Wildman–Crippen MR) is 79.8 cm³/mol. The number of benzene rings is 1. The molecule has 0 bridgehead atoms. The molecule has 0 unspecified atom stereocenters. The molecule has 8 heteroatoms. The van der Waals surface area contributed by atoms with Crippen LogP contribution in [0.5, 0.6) is 5.75 Å². The van der Waals surface area contributed by atoms with Crippen molar-refractivity contribution in [2.45, 2.75) is 12.7 Å². The van der Waals surface area contributed by atoms with Crippen LogP contribution in [0.2, 0.25) is 0 Å². The number of nitrogen functional groups attached to an aromatic ring is 1. The van der Waals surface area contributed by atoms with Gasteiger partial charge in [-0.25, -0.2) is 4.98 Å². The molecular formula is C14H16F3N3OS. The van der Waals surface area contributed by atoms with Gasteiger partial charge < -0.3 is 10.5 Å². The predicted octanol–water partition coefficient (Wildman–Crippen LogP) is 3.25. The molecule has 4 nitrogen and oxygen atoms in total. The minimum absolute atomic E-state index is 0.385. The molecule has 0 spiro atoms. The van der Waals surface area contributed by atoms with Crippen LogP contribution in [0.1, 0.15) is 10.4 Å². The third-order valence-electron chi connectivity index (χ3n) is 2.92. The Kier molecular flexibility index (Phi) is 5.25. The number of hydrogen-bond acceptors (Lipinski definition) is 5. The summed E-state index contributed by atoms with van der Waals surface area (Å²) < 4.78 is 42.7. The van der Waals surface area contributed by atoms with E-state index in [-0.39, 0.29) is 0 Å². The maximum absolute atomic E-state index is 12.4. The van der Waals surface area contributed by atoms with E-state index in [0.717, 1.165) is 17.0 Å². The van der Waals surface area contributed by atoms with E-state index in [1.807, 2.05) is 11.9 Å². The number of aromatic nitrogens is 1. The molecule has 22 heavy (non-hydrogen) atoms. The van der Waals surface area contributed by atoms with Gasteiger partial charge in [0.25, 0.3) is 0 Å². The molecule has 0 saturated carbocycles. The van der Waals surface area contributed by atoms with Gasteiger partial charge in [-0.05, 0) is 31.3 Å². The Morgan fingerprint density at radius 1 is 1.27 bits per heavy atom. The van der Waals surface area contributed by atoms with Crippen LogP contribution in [0.3, 0.4) is 0 Å². The number of halogens is 3. The molecular weight excluding hydrogens is 315 g/mol. The smallest absolute Gasteiger partial charge is 0.416 e. The van der Waals surface area contributed by atoms with Crippen LogP contribution in [-0.2, 0) is 12.7 Å². The first-order chi connectivity index (χ1) is 10.3. The molecule has 0 amide bonds. The monoisotopic (exact) mass is 331 g/mol. The summed E-state index contributed by atoms with van der Waals surface area (Å²) in [7, 11) is 1.92.